The van der Waals surface area contributed by atoms with Crippen molar-refractivity contribution >= 4 is 28.2 Å². The predicted molar refractivity (Wildman–Crippen MR) is 120 cm³/mol. The van der Waals surface area contributed by atoms with Crippen LogP contribution in [0.4, 0.5) is 5.69 Å². The Morgan fingerprint density at radius 1 is 1.29 bits per heavy atom. The maximum absolute atomic E-state index is 12.9. The van der Waals surface area contributed by atoms with Crippen LogP contribution in [0.1, 0.15) is 26.2 Å². The SMILES string of the molecule is Cn1nc(-c2n[nH]c3ccc(OC4(C)CC4)cc23)cc(N2CCC(CO)(CCl)C2)c1=O. The van der Waals surface area contributed by atoms with Crippen LogP contribution >= 0.6 is 11.6 Å². The minimum absolute atomic E-state index is 0.00302. The molecule has 0 amide bonds. The molecule has 2 fully saturated rings. The Bertz CT molecular complexity index is 1200. The van der Waals surface area contributed by atoms with E-state index < -0.39 is 0 Å². The van der Waals surface area contributed by atoms with Gasteiger partial charge in [0.2, 0.25) is 0 Å². The average molecular weight is 444 g/mol. The lowest BCUT2D eigenvalue weighted by atomic mass is 9.91. The van der Waals surface area contributed by atoms with Crippen LogP contribution in [-0.4, -0.2) is 56.3 Å². The van der Waals surface area contributed by atoms with Gasteiger partial charge in [-0.1, -0.05) is 0 Å². The van der Waals surface area contributed by atoms with Crippen LogP contribution in [0.15, 0.2) is 29.1 Å². The molecular formula is C22H26ClN5O3. The van der Waals surface area contributed by atoms with E-state index in [2.05, 4.69) is 22.2 Å². The Labute approximate surface area is 184 Å². The van der Waals surface area contributed by atoms with Crippen molar-refractivity contribution < 1.29 is 9.84 Å². The number of halogens is 1. The molecule has 8 nitrogen and oxygen atoms in total. The highest BCUT2D eigenvalue weighted by Crippen LogP contribution is 2.41. The molecule has 9 heteroatoms. The first-order valence-electron chi connectivity index (χ1n) is 10.5. The van der Waals surface area contributed by atoms with Gasteiger partial charge in [0.15, 0.2) is 0 Å². The van der Waals surface area contributed by atoms with E-state index >= 15 is 0 Å². The lowest BCUT2D eigenvalue weighted by Crippen LogP contribution is -2.35. The number of ether oxygens (including phenoxy) is 1. The maximum atomic E-state index is 12.9. The predicted octanol–water partition coefficient (Wildman–Crippen LogP) is 2.68. The summed E-state index contributed by atoms with van der Waals surface area (Å²) in [5.74, 6) is 1.15. The van der Waals surface area contributed by atoms with Crippen molar-refractivity contribution in [2.75, 3.05) is 30.5 Å². The van der Waals surface area contributed by atoms with Gasteiger partial charge in [0.1, 0.15) is 28.4 Å². The summed E-state index contributed by atoms with van der Waals surface area (Å²) < 4.78 is 7.46. The number of aromatic amines is 1. The molecule has 1 saturated carbocycles. The minimum Gasteiger partial charge on any atom is -0.488 e. The maximum Gasteiger partial charge on any atom is 0.290 e. The van der Waals surface area contributed by atoms with Crippen LogP contribution in [0.25, 0.3) is 22.3 Å². The summed E-state index contributed by atoms with van der Waals surface area (Å²) in [6.07, 6.45) is 2.85. The minimum atomic E-state index is -0.389. The number of hydrogen-bond acceptors (Lipinski definition) is 6. The Hall–Kier alpha value is -2.58. The number of nitrogens with zero attached hydrogens (tertiary/aromatic N) is 4. The van der Waals surface area contributed by atoms with Gasteiger partial charge in [0, 0.05) is 36.8 Å². The van der Waals surface area contributed by atoms with Crippen LogP contribution < -0.4 is 15.2 Å². The third kappa shape index (κ3) is 3.57. The van der Waals surface area contributed by atoms with E-state index in [1.54, 1.807) is 13.1 Å². The summed E-state index contributed by atoms with van der Waals surface area (Å²) in [4.78, 5) is 14.9. The van der Waals surface area contributed by atoms with E-state index in [0.717, 1.165) is 35.9 Å². The lowest BCUT2D eigenvalue weighted by molar-refractivity contribution is 0.165. The van der Waals surface area contributed by atoms with Crippen molar-refractivity contribution in [3.8, 4) is 17.1 Å². The molecule has 2 aliphatic rings. The van der Waals surface area contributed by atoms with Crippen LogP contribution in [0.2, 0.25) is 0 Å². The van der Waals surface area contributed by atoms with Crippen LogP contribution in [-0.2, 0) is 7.05 Å². The molecule has 0 spiro atoms. The van der Waals surface area contributed by atoms with Crippen LogP contribution in [0, 0.1) is 5.41 Å². The third-order valence-corrected chi connectivity index (χ3v) is 7.10. The van der Waals surface area contributed by atoms with E-state index in [-0.39, 0.29) is 23.2 Å². The quantitative estimate of drug-likeness (QED) is 0.568. The van der Waals surface area contributed by atoms with Gasteiger partial charge >= 0.3 is 0 Å². The smallest absolute Gasteiger partial charge is 0.290 e. The molecule has 5 rings (SSSR count). The molecule has 1 aromatic carbocycles. The van der Waals surface area contributed by atoms with Gasteiger partial charge in [-0.2, -0.15) is 10.2 Å². The van der Waals surface area contributed by atoms with Gasteiger partial charge in [0.05, 0.1) is 12.1 Å². The average Bonchev–Trinajstić information content (AvgIpc) is 3.17. The molecule has 1 unspecified atom stereocenters. The molecule has 1 aliphatic carbocycles. The number of nitrogens with one attached hydrogen (secondary N) is 1. The molecule has 0 bridgehead atoms. The number of aliphatic hydroxyl groups is 1. The number of H-pyrrole nitrogens is 1. The molecule has 3 heterocycles. The largest absolute Gasteiger partial charge is 0.488 e. The number of anilines is 1. The zero-order valence-electron chi connectivity index (χ0n) is 17.7. The first-order chi connectivity index (χ1) is 14.9. The number of hydrogen-bond donors (Lipinski definition) is 2. The molecular weight excluding hydrogens is 418 g/mol. The summed E-state index contributed by atoms with van der Waals surface area (Å²) in [6.45, 7) is 3.29. The van der Waals surface area contributed by atoms with Crippen molar-refractivity contribution in [3.63, 3.8) is 0 Å². The zero-order valence-corrected chi connectivity index (χ0v) is 18.4. The Kier molecular flexibility index (Phi) is 4.75. The third-order valence-electron chi connectivity index (χ3n) is 6.54. The van der Waals surface area contributed by atoms with Crippen LogP contribution in [0.3, 0.4) is 0 Å². The van der Waals surface area contributed by atoms with E-state index in [1.807, 2.05) is 23.1 Å². The van der Waals surface area contributed by atoms with Crippen molar-refractivity contribution in [2.45, 2.75) is 31.8 Å². The molecule has 164 valence electrons. The molecule has 1 saturated heterocycles. The first kappa shape index (κ1) is 20.3. The number of rotatable bonds is 6. The van der Waals surface area contributed by atoms with Gasteiger partial charge in [0.25, 0.3) is 5.56 Å². The molecule has 2 aromatic heterocycles. The highest BCUT2D eigenvalue weighted by molar-refractivity contribution is 6.18. The molecule has 0 radical (unpaired) electrons. The highest BCUT2D eigenvalue weighted by atomic mass is 35.5. The fraction of sp³-hybridized carbons (Fsp3) is 0.500. The second kappa shape index (κ2) is 7.24. The Balaban J connectivity index is 1.54. The number of aryl methyl sites for hydroxylation is 1. The van der Waals surface area contributed by atoms with E-state index in [4.69, 9.17) is 16.3 Å². The number of fused-ring (bicyclic) bond motifs is 1. The lowest BCUT2D eigenvalue weighted by Gasteiger charge is -2.25. The summed E-state index contributed by atoms with van der Waals surface area (Å²) in [5, 5.41) is 22.7. The van der Waals surface area contributed by atoms with E-state index in [1.165, 1.54) is 4.68 Å². The molecule has 3 aromatic rings. The number of benzene rings is 1. The van der Waals surface area contributed by atoms with Crippen molar-refractivity contribution in [2.24, 2.45) is 12.5 Å². The number of aliphatic hydroxyl groups excluding tert-OH is 1. The standard InChI is InChI=1S/C22H26ClN5O3/c1-21(5-6-21)31-14-3-4-16-15(9-14)19(25-24-16)17-10-18(20(30)27(2)26-17)28-8-7-22(11-23,12-28)13-29/h3-4,9-10,29H,5-8,11-13H2,1-2H3,(H,24,25). The molecule has 31 heavy (non-hydrogen) atoms. The fourth-order valence-electron chi connectivity index (χ4n) is 4.17. The van der Waals surface area contributed by atoms with Crippen molar-refractivity contribution in [1.82, 2.24) is 20.0 Å². The Morgan fingerprint density at radius 2 is 2.10 bits per heavy atom. The summed E-state index contributed by atoms with van der Waals surface area (Å²) in [6, 6.07) is 7.66. The Morgan fingerprint density at radius 3 is 2.77 bits per heavy atom. The highest BCUT2D eigenvalue weighted by Gasteiger charge is 2.40. The first-order valence-corrected chi connectivity index (χ1v) is 11.1. The topological polar surface area (TPSA) is 96.3 Å². The normalized spacial score (nSPS) is 22.3. The van der Waals surface area contributed by atoms with Crippen molar-refractivity contribution in [1.29, 1.82) is 0 Å². The molecule has 2 N–H and O–H groups in total. The zero-order chi connectivity index (χ0) is 21.8. The molecule has 1 atom stereocenters. The van der Waals surface area contributed by atoms with E-state index in [0.29, 0.717) is 36.0 Å². The second-order valence-electron chi connectivity index (χ2n) is 9.14. The summed E-state index contributed by atoms with van der Waals surface area (Å²) in [5.41, 5.74) is 2.05. The second-order valence-corrected chi connectivity index (χ2v) is 9.41. The van der Waals surface area contributed by atoms with Gasteiger partial charge in [-0.15, -0.1) is 11.6 Å². The van der Waals surface area contributed by atoms with Gasteiger partial charge in [-0.3, -0.25) is 9.89 Å². The van der Waals surface area contributed by atoms with Gasteiger partial charge < -0.3 is 14.7 Å². The van der Waals surface area contributed by atoms with Crippen LogP contribution in [0.5, 0.6) is 5.75 Å². The summed E-state index contributed by atoms with van der Waals surface area (Å²) in [7, 11) is 1.64. The van der Waals surface area contributed by atoms with Gasteiger partial charge in [-0.05, 0) is 50.5 Å². The summed E-state index contributed by atoms with van der Waals surface area (Å²) >= 11 is 6.12. The van der Waals surface area contributed by atoms with Crippen molar-refractivity contribution in [3.05, 3.63) is 34.6 Å². The molecule has 1 aliphatic heterocycles. The number of alkyl halides is 1. The van der Waals surface area contributed by atoms with Gasteiger partial charge in [-0.25, -0.2) is 4.68 Å². The number of aromatic nitrogens is 4. The van der Waals surface area contributed by atoms with E-state index in [9.17, 15) is 9.90 Å². The fourth-order valence-corrected chi connectivity index (χ4v) is 4.47. The monoisotopic (exact) mass is 443 g/mol.